The van der Waals surface area contributed by atoms with E-state index in [9.17, 15) is 10.0 Å². The Morgan fingerprint density at radius 2 is 1.89 bits per heavy atom. The molecule has 92 valence electrons. The van der Waals surface area contributed by atoms with Gasteiger partial charge in [0.2, 0.25) is 6.41 Å². The predicted molar refractivity (Wildman–Crippen MR) is 68.4 cm³/mol. The fraction of sp³-hybridized carbons (Fsp3) is 0.143. The number of hydroxylamine groups is 1. The zero-order valence-corrected chi connectivity index (χ0v) is 9.86. The van der Waals surface area contributed by atoms with Crippen LogP contribution >= 0.6 is 0 Å². The highest BCUT2D eigenvalue weighted by atomic mass is 16.5. The van der Waals surface area contributed by atoms with Crippen molar-refractivity contribution in [2.24, 2.45) is 0 Å². The van der Waals surface area contributed by atoms with Crippen LogP contribution in [0, 0.1) is 0 Å². The van der Waals surface area contributed by atoms with E-state index in [1.54, 1.807) is 18.3 Å². The molecular weight excluding hydrogens is 228 g/mol. The Kier molecular flexibility index (Phi) is 4.04. The summed E-state index contributed by atoms with van der Waals surface area (Å²) in [5.74, 6) is 0. The van der Waals surface area contributed by atoms with Crippen molar-refractivity contribution in [3.63, 3.8) is 0 Å². The SMILES string of the molecule is O=CN(O)c1cccnc1CCc1ccccc1. The summed E-state index contributed by atoms with van der Waals surface area (Å²) >= 11 is 0. The molecule has 0 aliphatic carbocycles. The quantitative estimate of drug-likeness (QED) is 0.497. The van der Waals surface area contributed by atoms with Gasteiger partial charge in [0.1, 0.15) is 0 Å². The first-order valence-corrected chi connectivity index (χ1v) is 5.72. The third-order valence-electron chi connectivity index (χ3n) is 2.71. The largest absolute Gasteiger partial charge is 0.281 e. The van der Waals surface area contributed by atoms with Crippen molar-refractivity contribution in [1.82, 2.24) is 4.98 Å². The van der Waals surface area contributed by atoms with Crippen molar-refractivity contribution in [3.05, 3.63) is 59.9 Å². The number of hydrogen-bond donors (Lipinski definition) is 1. The summed E-state index contributed by atoms with van der Waals surface area (Å²) in [6.07, 6.45) is 3.51. The molecule has 0 radical (unpaired) electrons. The van der Waals surface area contributed by atoms with Gasteiger partial charge in [0, 0.05) is 6.20 Å². The molecule has 0 saturated carbocycles. The molecule has 4 nitrogen and oxygen atoms in total. The van der Waals surface area contributed by atoms with Gasteiger partial charge in [-0.05, 0) is 30.5 Å². The fourth-order valence-corrected chi connectivity index (χ4v) is 1.79. The van der Waals surface area contributed by atoms with E-state index in [0.29, 0.717) is 29.3 Å². The predicted octanol–water partition coefficient (Wildman–Crippen LogP) is 2.22. The van der Waals surface area contributed by atoms with E-state index in [1.807, 2.05) is 30.3 Å². The Balaban J connectivity index is 2.12. The van der Waals surface area contributed by atoms with Gasteiger partial charge in [0.05, 0.1) is 11.4 Å². The second kappa shape index (κ2) is 5.93. The lowest BCUT2D eigenvalue weighted by Gasteiger charge is -2.12. The van der Waals surface area contributed by atoms with Crippen molar-refractivity contribution < 1.29 is 10.0 Å². The van der Waals surface area contributed by atoms with Gasteiger partial charge in [-0.25, -0.2) is 0 Å². The number of amides is 1. The standard InChI is InChI=1S/C14H14N2O2/c17-11-16(18)14-7-4-10-15-13(14)9-8-12-5-2-1-3-6-12/h1-7,10-11,18H,8-9H2. The summed E-state index contributed by atoms with van der Waals surface area (Å²) in [7, 11) is 0. The Bertz CT molecular complexity index is 514. The number of carbonyl (C=O) groups excluding carboxylic acids is 1. The minimum Gasteiger partial charge on any atom is -0.281 e. The molecule has 0 saturated heterocycles. The third kappa shape index (κ3) is 2.93. The molecule has 0 aliphatic rings. The maximum Gasteiger partial charge on any atom is 0.237 e. The summed E-state index contributed by atoms with van der Waals surface area (Å²) in [5.41, 5.74) is 2.34. The maximum absolute atomic E-state index is 10.6. The van der Waals surface area contributed by atoms with E-state index in [1.165, 1.54) is 5.56 Å². The van der Waals surface area contributed by atoms with E-state index >= 15 is 0 Å². The number of benzene rings is 1. The first kappa shape index (κ1) is 12.3. The van der Waals surface area contributed by atoms with Gasteiger partial charge in [-0.3, -0.25) is 15.0 Å². The minimum absolute atomic E-state index is 0.364. The first-order chi connectivity index (χ1) is 8.81. The van der Waals surface area contributed by atoms with Gasteiger partial charge < -0.3 is 0 Å². The topological polar surface area (TPSA) is 53.4 Å². The van der Waals surface area contributed by atoms with E-state index in [-0.39, 0.29) is 0 Å². The Labute approximate surface area is 105 Å². The average Bonchev–Trinajstić information content (AvgIpc) is 2.45. The molecule has 0 atom stereocenters. The molecule has 0 aliphatic heterocycles. The van der Waals surface area contributed by atoms with Crippen molar-refractivity contribution in [2.45, 2.75) is 12.8 Å². The second-order valence-electron chi connectivity index (χ2n) is 3.90. The number of anilines is 1. The summed E-state index contributed by atoms with van der Waals surface area (Å²) in [6, 6.07) is 13.4. The molecular formula is C14H14N2O2. The molecule has 1 heterocycles. The lowest BCUT2D eigenvalue weighted by atomic mass is 10.1. The van der Waals surface area contributed by atoms with Crippen LogP contribution in [0.4, 0.5) is 5.69 Å². The van der Waals surface area contributed by atoms with Gasteiger partial charge in [0.25, 0.3) is 0 Å². The van der Waals surface area contributed by atoms with Gasteiger partial charge in [-0.15, -0.1) is 0 Å². The Hall–Kier alpha value is -2.20. The number of hydrogen-bond acceptors (Lipinski definition) is 3. The fourth-order valence-electron chi connectivity index (χ4n) is 1.79. The van der Waals surface area contributed by atoms with Gasteiger partial charge in [-0.2, -0.15) is 5.06 Å². The molecule has 1 N–H and O–H groups in total. The van der Waals surface area contributed by atoms with E-state index < -0.39 is 0 Å². The highest BCUT2D eigenvalue weighted by molar-refractivity contribution is 5.72. The number of aryl methyl sites for hydroxylation is 2. The van der Waals surface area contributed by atoms with Gasteiger partial charge in [-0.1, -0.05) is 30.3 Å². The van der Waals surface area contributed by atoms with Crippen LogP contribution in [0.2, 0.25) is 0 Å². The summed E-state index contributed by atoms with van der Waals surface area (Å²) < 4.78 is 0. The molecule has 18 heavy (non-hydrogen) atoms. The minimum atomic E-state index is 0.364. The summed E-state index contributed by atoms with van der Waals surface area (Å²) in [4.78, 5) is 14.8. The van der Waals surface area contributed by atoms with Crippen molar-refractivity contribution in [3.8, 4) is 0 Å². The van der Waals surface area contributed by atoms with Crippen LogP contribution in [0.15, 0.2) is 48.7 Å². The average molecular weight is 242 g/mol. The van der Waals surface area contributed by atoms with Crippen LogP contribution in [0.25, 0.3) is 0 Å². The van der Waals surface area contributed by atoms with Crippen LogP contribution in [0.3, 0.4) is 0 Å². The van der Waals surface area contributed by atoms with Crippen LogP contribution in [-0.4, -0.2) is 16.6 Å². The summed E-state index contributed by atoms with van der Waals surface area (Å²) in [6.45, 7) is 0. The molecule has 4 heteroatoms. The number of pyridine rings is 1. The zero-order chi connectivity index (χ0) is 12.8. The molecule has 1 aromatic heterocycles. The molecule has 2 rings (SSSR count). The number of aromatic nitrogens is 1. The highest BCUT2D eigenvalue weighted by Gasteiger charge is 2.08. The monoisotopic (exact) mass is 242 g/mol. The second-order valence-corrected chi connectivity index (χ2v) is 3.90. The maximum atomic E-state index is 10.6. The molecule has 1 aromatic carbocycles. The van der Waals surface area contributed by atoms with Crippen molar-refractivity contribution in [1.29, 1.82) is 0 Å². The molecule has 0 bridgehead atoms. The Morgan fingerprint density at radius 1 is 1.11 bits per heavy atom. The van der Waals surface area contributed by atoms with Crippen molar-refractivity contribution >= 4 is 12.1 Å². The normalized spacial score (nSPS) is 10.1. The van der Waals surface area contributed by atoms with Gasteiger partial charge >= 0.3 is 0 Å². The molecule has 0 fully saturated rings. The lowest BCUT2D eigenvalue weighted by Crippen LogP contribution is -2.17. The molecule has 1 amide bonds. The van der Waals surface area contributed by atoms with Crippen molar-refractivity contribution in [2.75, 3.05) is 5.06 Å². The molecule has 0 unspecified atom stereocenters. The number of carbonyl (C=O) groups is 1. The Morgan fingerprint density at radius 3 is 2.61 bits per heavy atom. The van der Waals surface area contributed by atoms with E-state index in [2.05, 4.69) is 4.98 Å². The zero-order valence-electron chi connectivity index (χ0n) is 9.86. The van der Waals surface area contributed by atoms with Crippen LogP contribution in [-0.2, 0) is 17.6 Å². The molecule has 0 spiro atoms. The van der Waals surface area contributed by atoms with E-state index in [4.69, 9.17) is 0 Å². The smallest absolute Gasteiger partial charge is 0.237 e. The van der Waals surface area contributed by atoms with Gasteiger partial charge in [0.15, 0.2) is 0 Å². The molecule has 2 aromatic rings. The van der Waals surface area contributed by atoms with Crippen LogP contribution in [0.1, 0.15) is 11.3 Å². The van der Waals surface area contributed by atoms with Crippen LogP contribution in [0.5, 0.6) is 0 Å². The third-order valence-corrected chi connectivity index (χ3v) is 2.71. The first-order valence-electron chi connectivity index (χ1n) is 5.72. The number of rotatable bonds is 5. The summed E-state index contributed by atoms with van der Waals surface area (Å²) in [5, 5.41) is 10.00. The lowest BCUT2D eigenvalue weighted by molar-refractivity contribution is -0.111. The van der Waals surface area contributed by atoms with Crippen LogP contribution < -0.4 is 5.06 Å². The number of nitrogens with zero attached hydrogens (tertiary/aromatic N) is 2. The highest BCUT2D eigenvalue weighted by Crippen LogP contribution is 2.17. The van der Waals surface area contributed by atoms with E-state index in [0.717, 1.165) is 6.42 Å².